The van der Waals surface area contributed by atoms with E-state index in [9.17, 15) is 9.59 Å². The van der Waals surface area contributed by atoms with Gasteiger partial charge in [0.05, 0.1) is 12.1 Å². The second-order valence-corrected chi connectivity index (χ2v) is 5.86. The number of nitrogens with zero attached hydrogens (tertiary/aromatic N) is 2. The number of hydrogen-bond acceptors (Lipinski definition) is 3. The number of rotatable bonds is 6. The van der Waals surface area contributed by atoms with Crippen molar-refractivity contribution >= 4 is 11.8 Å². The predicted molar refractivity (Wildman–Crippen MR) is 85.0 cm³/mol. The molecule has 1 aliphatic rings. The van der Waals surface area contributed by atoms with E-state index < -0.39 is 0 Å². The quantitative estimate of drug-likeness (QED) is 0.810. The van der Waals surface area contributed by atoms with Gasteiger partial charge in [-0.05, 0) is 40.5 Å². The lowest BCUT2D eigenvalue weighted by Crippen LogP contribution is -2.53. The zero-order chi connectivity index (χ0) is 15.8. The minimum atomic E-state index is -0.323. The molecule has 122 valence electrons. The molecule has 0 saturated carbocycles. The van der Waals surface area contributed by atoms with Crippen molar-refractivity contribution in [3.63, 3.8) is 0 Å². The summed E-state index contributed by atoms with van der Waals surface area (Å²) in [5.74, 6) is 0.187. The molecule has 1 N–H and O–H groups in total. The Balaban J connectivity index is 2.52. The molecule has 1 rings (SSSR count). The smallest absolute Gasteiger partial charge is 0.239 e. The third-order valence-corrected chi connectivity index (χ3v) is 4.23. The fourth-order valence-electron chi connectivity index (χ4n) is 2.89. The number of nitrogens with one attached hydrogen (secondary N) is 1. The molecule has 2 unspecified atom stereocenters. The highest BCUT2D eigenvalue weighted by atomic mass is 16.2. The molecule has 21 heavy (non-hydrogen) atoms. The van der Waals surface area contributed by atoms with E-state index in [1.54, 1.807) is 4.90 Å². The highest BCUT2D eigenvalue weighted by Gasteiger charge is 2.25. The molecule has 5 nitrogen and oxygen atoms in total. The monoisotopic (exact) mass is 297 g/mol. The van der Waals surface area contributed by atoms with Crippen molar-refractivity contribution in [3.05, 3.63) is 0 Å². The summed E-state index contributed by atoms with van der Waals surface area (Å²) in [7, 11) is 0. The summed E-state index contributed by atoms with van der Waals surface area (Å²) in [6.45, 7) is 10.8. The Morgan fingerprint density at radius 2 is 1.52 bits per heavy atom. The summed E-state index contributed by atoms with van der Waals surface area (Å²) < 4.78 is 0. The van der Waals surface area contributed by atoms with Gasteiger partial charge in [0, 0.05) is 26.2 Å². The Morgan fingerprint density at radius 3 is 2.00 bits per heavy atom. The van der Waals surface area contributed by atoms with Crippen LogP contribution in [0.15, 0.2) is 0 Å². The average Bonchev–Trinajstić information content (AvgIpc) is 2.76. The number of likely N-dealkylation sites (tertiary alicyclic amines) is 1. The van der Waals surface area contributed by atoms with Gasteiger partial charge < -0.3 is 9.80 Å². The van der Waals surface area contributed by atoms with Gasteiger partial charge in [-0.15, -0.1) is 0 Å². The van der Waals surface area contributed by atoms with Gasteiger partial charge in [-0.1, -0.05) is 12.8 Å². The number of carbonyl (C=O) groups excluding carboxylic acids is 2. The molecule has 1 fully saturated rings. The van der Waals surface area contributed by atoms with Gasteiger partial charge in [-0.25, -0.2) is 0 Å². The molecule has 0 bridgehead atoms. The molecular weight excluding hydrogens is 266 g/mol. The first kappa shape index (κ1) is 18.0. The van der Waals surface area contributed by atoms with E-state index in [0.29, 0.717) is 13.1 Å². The summed E-state index contributed by atoms with van der Waals surface area (Å²) in [6, 6.07) is -0.631. The lowest BCUT2D eigenvalue weighted by atomic mass is 10.2. The minimum absolute atomic E-state index is 0.0653. The first-order chi connectivity index (χ1) is 10.0. The first-order valence-electron chi connectivity index (χ1n) is 8.34. The number of amides is 2. The third kappa shape index (κ3) is 5.30. The molecule has 1 heterocycles. The maximum Gasteiger partial charge on any atom is 0.239 e. The van der Waals surface area contributed by atoms with Crippen LogP contribution in [0.5, 0.6) is 0 Å². The van der Waals surface area contributed by atoms with Crippen LogP contribution in [-0.2, 0) is 9.59 Å². The van der Waals surface area contributed by atoms with Crippen LogP contribution in [0.2, 0.25) is 0 Å². The molecule has 1 aliphatic heterocycles. The van der Waals surface area contributed by atoms with Crippen molar-refractivity contribution in [3.8, 4) is 0 Å². The normalized spacial score (nSPS) is 18.8. The van der Waals surface area contributed by atoms with Gasteiger partial charge in [0.2, 0.25) is 11.8 Å². The summed E-state index contributed by atoms with van der Waals surface area (Å²) in [5, 5.41) is 3.16. The fourth-order valence-corrected chi connectivity index (χ4v) is 2.89. The van der Waals surface area contributed by atoms with Gasteiger partial charge >= 0.3 is 0 Å². The second kappa shape index (κ2) is 9.03. The van der Waals surface area contributed by atoms with Crippen molar-refractivity contribution in [2.45, 2.75) is 65.5 Å². The van der Waals surface area contributed by atoms with Crippen LogP contribution >= 0.6 is 0 Å². The topological polar surface area (TPSA) is 52.7 Å². The van der Waals surface area contributed by atoms with Crippen molar-refractivity contribution in [1.29, 1.82) is 0 Å². The fraction of sp³-hybridized carbons (Fsp3) is 0.875. The SMILES string of the molecule is CCN(CC)C(=O)C(C)NC(C)C(=O)N1CCCCCC1. The van der Waals surface area contributed by atoms with Crippen LogP contribution in [0.1, 0.15) is 53.4 Å². The van der Waals surface area contributed by atoms with Gasteiger partial charge in [-0.2, -0.15) is 0 Å². The van der Waals surface area contributed by atoms with Gasteiger partial charge in [0.1, 0.15) is 0 Å². The Morgan fingerprint density at radius 1 is 1.00 bits per heavy atom. The van der Waals surface area contributed by atoms with Crippen LogP contribution in [-0.4, -0.2) is 59.9 Å². The van der Waals surface area contributed by atoms with Crippen LogP contribution in [0.4, 0.5) is 0 Å². The van der Waals surface area contributed by atoms with Crippen LogP contribution in [0, 0.1) is 0 Å². The molecule has 0 aromatic heterocycles. The number of hydrogen-bond donors (Lipinski definition) is 1. The summed E-state index contributed by atoms with van der Waals surface area (Å²) in [4.78, 5) is 28.4. The van der Waals surface area contributed by atoms with Gasteiger partial charge in [0.25, 0.3) is 0 Å². The lowest BCUT2D eigenvalue weighted by molar-refractivity contribution is -0.135. The maximum absolute atomic E-state index is 12.5. The molecule has 1 saturated heterocycles. The Labute approximate surface area is 129 Å². The van der Waals surface area contributed by atoms with Crippen molar-refractivity contribution in [2.24, 2.45) is 0 Å². The minimum Gasteiger partial charge on any atom is -0.342 e. The summed E-state index contributed by atoms with van der Waals surface area (Å²) in [6.07, 6.45) is 4.60. The highest BCUT2D eigenvalue weighted by Crippen LogP contribution is 2.11. The molecule has 0 aromatic rings. The summed E-state index contributed by atoms with van der Waals surface area (Å²) in [5.41, 5.74) is 0. The molecular formula is C16H31N3O2. The molecule has 0 spiro atoms. The predicted octanol–water partition coefficient (Wildman–Crippen LogP) is 1.62. The second-order valence-electron chi connectivity index (χ2n) is 5.86. The third-order valence-electron chi connectivity index (χ3n) is 4.23. The lowest BCUT2D eigenvalue weighted by Gasteiger charge is -2.28. The highest BCUT2D eigenvalue weighted by molar-refractivity contribution is 5.85. The Hall–Kier alpha value is -1.10. The van der Waals surface area contributed by atoms with Crippen LogP contribution in [0.3, 0.4) is 0 Å². The molecule has 0 aromatic carbocycles. The Kier molecular flexibility index (Phi) is 7.72. The average molecular weight is 297 g/mol. The van der Waals surface area contributed by atoms with E-state index in [1.807, 2.05) is 32.6 Å². The number of carbonyl (C=O) groups is 2. The molecule has 2 amide bonds. The number of likely N-dealkylation sites (N-methyl/N-ethyl adjacent to an activating group) is 1. The first-order valence-corrected chi connectivity index (χ1v) is 8.34. The van der Waals surface area contributed by atoms with E-state index in [0.717, 1.165) is 25.9 Å². The zero-order valence-corrected chi connectivity index (χ0v) is 14.0. The van der Waals surface area contributed by atoms with E-state index in [2.05, 4.69) is 5.32 Å². The van der Waals surface area contributed by atoms with E-state index in [-0.39, 0.29) is 23.9 Å². The molecule has 5 heteroatoms. The Bertz CT molecular complexity index is 334. The molecule has 0 aliphatic carbocycles. The maximum atomic E-state index is 12.5. The van der Waals surface area contributed by atoms with Gasteiger partial charge in [0.15, 0.2) is 0 Å². The van der Waals surface area contributed by atoms with Gasteiger partial charge in [-0.3, -0.25) is 14.9 Å². The van der Waals surface area contributed by atoms with Crippen molar-refractivity contribution in [1.82, 2.24) is 15.1 Å². The van der Waals surface area contributed by atoms with Crippen molar-refractivity contribution < 1.29 is 9.59 Å². The van der Waals surface area contributed by atoms with E-state index in [4.69, 9.17) is 0 Å². The van der Waals surface area contributed by atoms with Crippen molar-refractivity contribution in [2.75, 3.05) is 26.2 Å². The zero-order valence-electron chi connectivity index (χ0n) is 14.0. The molecule has 2 atom stereocenters. The van der Waals surface area contributed by atoms with E-state index in [1.165, 1.54) is 12.8 Å². The largest absolute Gasteiger partial charge is 0.342 e. The van der Waals surface area contributed by atoms with Crippen LogP contribution in [0.25, 0.3) is 0 Å². The summed E-state index contributed by atoms with van der Waals surface area (Å²) >= 11 is 0. The van der Waals surface area contributed by atoms with E-state index >= 15 is 0 Å². The van der Waals surface area contributed by atoms with Crippen LogP contribution < -0.4 is 5.32 Å². The standard InChI is InChI=1S/C16H31N3O2/c1-5-18(6-2)15(20)13(3)17-14(4)16(21)19-11-9-7-8-10-12-19/h13-14,17H,5-12H2,1-4H3. The molecule has 0 radical (unpaired) electrons.